The number of halogens is 8. The van der Waals surface area contributed by atoms with E-state index in [0.29, 0.717) is 0 Å². The SMILES string of the molecule is O=C(CC(CN1CCOC(c2cccc(C(F)(F)F)c2)C1)C(F)(F)F)Nc1ccc(Cl)c(F)c1. The number of hydrogen-bond donors (Lipinski definition) is 1. The number of carbonyl (C=O) groups is 1. The molecule has 4 nitrogen and oxygen atoms in total. The van der Waals surface area contributed by atoms with Gasteiger partial charge in [-0.05, 0) is 35.9 Å². The fourth-order valence-corrected chi connectivity index (χ4v) is 3.71. The second-order valence-corrected chi connectivity index (χ2v) is 8.27. The first-order valence-corrected chi connectivity index (χ1v) is 10.5. The van der Waals surface area contributed by atoms with Gasteiger partial charge in [-0.3, -0.25) is 9.69 Å². The van der Waals surface area contributed by atoms with Crippen LogP contribution in [0.1, 0.15) is 23.7 Å². The summed E-state index contributed by atoms with van der Waals surface area (Å²) in [5, 5.41) is 2.02. The van der Waals surface area contributed by atoms with Crippen LogP contribution in [0.15, 0.2) is 42.5 Å². The van der Waals surface area contributed by atoms with Gasteiger partial charge in [-0.2, -0.15) is 26.3 Å². The Morgan fingerprint density at radius 2 is 1.88 bits per heavy atom. The van der Waals surface area contributed by atoms with Crippen molar-refractivity contribution < 1.29 is 40.3 Å². The van der Waals surface area contributed by atoms with E-state index >= 15 is 0 Å². The number of amides is 1. The molecular weight excluding hydrogens is 493 g/mol. The maximum atomic E-state index is 13.7. The lowest BCUT2D eigenvalue weighted by molar-refractivity contribution is -0.185. The first kappa shape index (κ1) is 26.2. The van der Waals surface area contributed by atoms with Gasteiger partial charge in [0.25, 0.3) is 0 Å². The third-order valence-corrected chi connectivity index (χ3v) is 5.62. The van der Waals surface area contributed by atoms with Crippen molar-refractivity contribution in [3.05, 3.63) is 64.4 Å². The van der Waals surface area contributed by atoms with Gasteiger partial charge in [-0.1, -0.05) is 23.7 Å². The molecule has 2 aromatic carbocycles. The van der Waals surface area contributed by atoms with Crippen LogP contribution in [0.25, 0.3) is 0 Å². The van der Waals surface area contributed by atoms with Gasteiger partial charge in [0.1, 0.15) is 5.82 Å². The molecule has 0 spiro atoms. The fraction of sp³-hybridized carbons (Fsp3) is 0.409. The van der Waals surface area contributed by atoms with Crippen molar-refractivity contribution in [2.75, 3.05) is 31.6 Å². The first-order valence-electron chi connectivity index (χ1n) is 10.2. The van der Waals surface area contributed by atoms with Crippen LogP contribution in [0.5, 0.6) is 0 Å². The Bertz CT molecular complexity index is 1010. The number of alkyl halides is 6. The summed E-state index contributed by atoms with van der Waals surface area (Å²) in [6.07, 6.45) is -11.0. The van der Waals surface area contributed by atoms with Crippen LogP contribution in [0.2, 0.25) is 5.02 Å². The van der Waals surface area contributed by atoms with E-state index in [9.17, 15) is 35.5 Å². The van der Waals surface area contributed by atoms with Gasteiger partial charge in [0.15, 0.2) is 0 Å². The Morgan fingerprint density at radius 3 is 2.53 bits per heavy atom. The highest BCUT2D eigenvalue weighted by molar-refractivity contribution is 6.30. The summed E-state index contributed by atoms with van der Waals surface area (Å²) >= 11 is 5.55. The summed E-state index contributed by atoms with van der Waals surface area (Å²) in [7, 11) is 0. The lowest BCUT2D eigenvalue weighted by atomic mass is 10.0. The molecule has 0 aromatic heterocycles. The van der Waals surface area contributed by atoms with Gasteiger partial charge in [-0.15, -0.1) is 0 Å². The van der Waals surface area contributed by atoms with Crippen LogP contribution < -0.4 is 5.32 Å². The van der Waals surface area contributed by atoms with Gasteiger partial charge in [0.05, 0.1) is 29.2 Å². The van der Waals surface area contributed by atoms with E-state index in [0.717, 1.165) is 24.3 Å². The minimum Gasteiger partial charge on any atom is -0.371 e. The molecule has 2 unspecified atom stereocenters. The van der Waals surface area contributed by atoms with Crippen LogP contribution in [0.3, 0.4) is 0 Å². The minimum absolute atomic E-state index is 0.0156. The lowest BCUT2D eigenvalue weighted by Gasteiger charge is -2.35. The zero-order valence-corrected chi connectivity index (χ0v) is 18.3. The van der Waals surface area contributed by atoms with Gasteiger partial charge in [0, 0.05) is 31.7 Å². The molecular formula is C22H20ClF7N2O2. The normalized spacial score (nSPS) is 18.5. The highest BCUT2D eigenvalue weighted by atomic mass is 35.5. The molecule has 0 saturated carbocycles. The molecule has 186 valence electrons. The molecule has 12 heteroatoms. The number of hydrogen-bond acceptors (Lipinski definition) is 3. The van der Waals surface area contributed by atoms with E-state index in [1.54, 1.807) is 0 Å². The number of nitrogens with zero attached hydrogens (tertiary/aromatic N) is 1. The molecule has 1 saturated heterocycles. The molecule has 1 aliphatic heterocycles. The van der Waals surface area contributed by atoms with Gasteiger partial charge in [-0.25, -0.2) is 4.39 Å². The molecule has 1 fully saturated rings. The predicted octanol–water partition coefficient (Wildman–Crippen LogP) is 6.08. The number of rotatable bonds is 6. The fourth-order valence-electron chi connectivity index (χ4n) is 3.59. The Morgan fingerprint density at radius 1 is 1.15 bits per heavy atom. The molecule has 1 aliphatic rings. The molecule has 0 aliphatic carbocycles. The highest BCUT2D eigenvalue weighted by Crippen LogP contribution is 2.34. The van der Waals surface area contributed by atoms with E-state index in [-0.39, 0.29) is 36.0 Å². The summed E-state index contributed by atoms with van der Waals surface area (Å²) < 4.78 is 99.0. The second-order valence-electron chi connectivity index (χ2n) is 7.86. The molecule has 1 amide bonds. The third kappa shape index (κ3) is 7.07. The molecule has 1 N–H and O–H groups in total. The standard InChI is InChI=1S/C22H20ClF7N2O2/c23-17-5-4-16(10-18(17)24)31-20(33)9-15(22(28,29)30)11-32-6-7-34-19(12-32)13-2-1-3-14(8-13)21(25,26)27/h1-5,8,10,15,19H,6-7,9,11-12H2,(H,31,33). The van der Waals surface area contributed by atoms with Gasteiger partial charge < -0.3 is 10.1 Å². The van der Waals surface area contributed by atoms with E-state index in [1.165, 1.54) is 23.1 Å². The average Bonchev–Trinajstić information content (AvgIpc) is 2.75. The van der Waals surface area contributed by atoms with Crippen molar-refractivity contribution in [2.45, 2.75) is 24.9 Å². The molecule has 1 heterocycles. The second kappa shape index (κ2) is 10.5. The third-order valence-electron chi connectivity index (χ3n) is 5.31. The van der Waals surface area contributed by atoms with E-state index in [4.69, 9.17) is 16.3 Å². The molecule has 0 bridgehead atoms. The largest absolute Gasteiger partial charge is 0.416 e. The van der Waals surface area contributed by atoms with Crippen molar-refractivity contribution in [3.8, 4) is 0 Å². The quantitative estimate of drug-likeness (QED) is 0.477. The maximum absolute atomic E-state index is 13.7. The minimum atomic E-state index is -4.72. The number of nitrogens with one attached hydrogen (secondary N) is 1. The first-order chi connectivity index (χ1) is 15.8. The van der Waals surface area contributed by atoms with Crippen LogP contribution in [0, 0.1) is 11.7 Å². The van der Waals surface area contributed by atoms with Crippen molar-refractivity contribution in [3.63, 3.8) is 0 Å². The van der Waals surface area contributed by atoms with Crippen LogP contribution in [-0.2, 0) is 15.7 Å². The average molecular weight is 513 g/mol. The Kier molecular flexibility index (Phi) is 8.10. The zero-order valence-electron chi connectivity index (χ0n) is 17.5. The predicted molar refractivity (Wildman–Crippen MR) is 111 cm³/mol. The summed E-state index contributed by atoms with van der Waals surface area (Å²) in [4.78, 5) is 13.6. The van der Waals surface area contributed by atoms with Crippen LogP contribution >= 0.6 is 11.6 Å². The van der Waals surface area contributed by atoms with Crippen molar-refractivity contribution >= 4 is 23.2 Å². The summed E-state index contributed by atoms with van der Waals surface area (Å²) in [6.45, 7) is -0.490. The van der Waals surface area contributed by atoms with E-state index in [1.807, 2.05) is 0 Å². The van der Waals surface area contributed by atoms with Gasteiger partial charge >= 0.3 is 12.4 Å². The molecule has 3 rings (SSSR count). The number of morpholine rings is 1. The topological polar surface area (TPSA) is 41.6 Å². The molecule has 2 aromatic rings. The summed E-state index contributed by atoms with van der Waals surface area (Å²) in [6, 6.07) is 7.75. The number of carbonyl (C=O) groups excluding carboxylic acids is 1. The maximum Gasteiger partial charge on any atom is 0.416 e. The number of anilines is 1. The highest BCUT2D eigenvalue weighted by Gasteiger charge is 2.42. The number of benzene rings is 2. The van der Waals surface area contributed by atoms with Crippen molar-refractivity contribution in [2.24, 2.45) is 5.92 Å². The Hall–Kier alpha value is -2.37. The monoisotopic (exact) mass is 512 g/mol. The van der Waals surface area contributed by atoms with E-state index in [2.05, 4.69) is 5.32 Å². The number of ether oxygens (including phenoxy) is 1. The lowest BCUT2D eigenvalue weighted by Crippen LogP contribution is -2.44. The van der Waals surface area contributed by atoms with Crippen LogP contribution in [-0.4, -0.2) is 43.2 Å². The Labute approximate surface area is 195 Å². The van der Waals surface area contributed by atoms with E-state index < -0.39 is 54.6 Å². The summed E-state index contributed by atoms with van der Waals surface area (Å²) in [5.74, 6) is -3.85. The van der Waals surface area contributed by atoms with Gasteiger partial charge in [0.2, 0.25) is 5.91 Å². The molecule has 2 atom stereocenters. The Balaban J connectivity index is 1.66. The molecule has 0 radical (unpaired) electrons. The smallest absolute Gasteiger partial charge is 0.371 e. The van der Waals surface area contributed by atoms with Crippen molar-refractivity contribution in [1.82, 2.24) is 4.90 Å². The summed E-state index contributed by atoms with van der Waals surface area (Å²) in [5.41, 5.74) is -0.719. The van der Waals surface area contributed by atoms with Crippen molar-refractivity contribution in [1.29, 1.82) is 0 Å². The molecule has 34 heavy (non-hydrogen) atoms. The van der Waals surface area contributed by atoms with Crippen LogP contribution in [0.4, 0.5) is 36.4 Å². The zero-order chi connectivity index (χ0) is 25.1.